The normalized spacial score (nSPS) is 11.3. The summed E-state index contributed by atoms with van der Waals surface area (Å²) in [6.07, 6.45) is -4.60. The molecule has 0 spiro atoms. The predicted molar refractivity (Wildman–Crippen MR) is 92.1 cm³/mol. The molecule has 1 heterocycles. The quantitative estimate of drug-likeness (QED) is 0.807. The van der Waals surface area contributed by atoms with Crippen molar-refractivity contribution in [1.82, 2.24) is 4.98 Å². The molecule has 0 aliphatic heterocycles. The molecule has 3 nitrogen and oxygen atoms in total. The first-order valence-corrected chi connectivity index (χ1v) is 7.51. The Morgan fingerprint density at radius 3 is 2.20 bits per heavy atom. The number of carbonyl (C=O) groups is 1. The Bertz CT molecular complexity index is 756. The van der Waals surface area contributed by atoms with Gasteiger partial charge in [0.25, 0.3) is 0 Å². The molecule has 0 fully saturated rings. The first kappa shape index (κ1) is 22.3. The Balaban J connectivity index is 0.00000312. The van der Waals surface area contributed by atoms with Crippen molar-refractivity contribution >= 4 is 57.4 Å². The van der Waals surface area contributed by atoms with Crippen LogP contribution in [-0.4, -0.2) is 67.4 Å². The van der Waals surface area contributed by atoms with Crippen LogP contribution in [0.5, 0.6) is 0 Å². The van der Waals surface area contributed by atoms with E-state index in [2.05, 4.69) is 4.98 Å². The number of hydrogen-bond acceptors (Lipinski definition) is 2. The van der Waals surface area contributed by atoms with Gasteiger partial charge in [0.05, 0.1) is 11.3 Å². The summed E-state index contributed by atoms with van der Waals surface area (Å²) in [5.41, 5.74) is -0.332. The Labute approximate surface area is 187 Å². The summed E-state index contributed by atoms with van der Waals surface area (Å²) >= 11 is 0. The van der Waals surface area contributed by atoms with E-state index >= 15 is 0 Å². The van der Waals surface area contributed by atoms with Crippen LogP contribution < -0.4 is 0 Å². The maximum absolute atomic E-state index is 13.4. The van der Waals surface area contributed by atoms with Crippen LogP contribution in [0.3, 0.4) is 0 Å². The first-order chi connectivity index (χ1) is 11.1. The van der Waals surface area contributed by atoms with Gasteiger partial charge in [-0.05, 0) is 30.9 Å². The summed E-state index contributed by atoms with van der Waals surface area (Å²) in [5.74, 6) is -1.60. The molecule has 1 aromatic carbocycles. The van der Waals surface area contributed by atoms with Gasteiger partial charge in [0.15, 0.2) is 5.69 Å². The topological polar surface area (TPSA) is 50.2 Å². The molecule has 0 atom stereocenters. The first-order valence-electron chi connectivity index (χ1n) is 7.51. The van der Waals surface area contributed by atoms with Crippen molar-refractivity contribution < 1.29 is 23.1 Å². The molecule has 130 valence electrons. The number of halogens is 3. The van der Waals surface area contributed by atoms with Crippen molar-refractivity contribution in [2.75, 3.05) is 0 Å². The third-order valence-corrected chi connectivity index (χ3v) is 3.56. The van der Waals surface area contributed by atoms with Gasteiger partial charge in [-0.15, -0.1) is 0 Å². The number of aryl methyl sites for hydroxylation is 1. The van der Waals surface area contributed by atoms with Crippen molar-refractivity contribution in [1.29, 1.82) is 0 Å². The zero-order chi connectivity index (χ0) is 18.1. The molecule has 0 bridgehead atoms. The van der Waals surface area contributed by atoms with Gasteiger partial charge >= 0.3 is 63.5 Å². The minimum absolute atomic E-state index is 0. The standard InChI is InChI=1S/C18H18F3NO2.K.H/c1-10(2)8-13-9-14(12-6-4-11(3)5-7-12)22-16(18(19,20)21)15(13)17(23)24;;/h4-7,9-10H,8H2,1-3H3,(H,23,24);;. The molecule has 25 heavy (non-hydrogen) atoms. The summed E-state index contributed by atoms with van der Waals surface area (Å²) in [6, 6.07) is 8.35. The van der Waals surface area contributed by atoms with Crippen molar-refractivity contribution in [2.45, 2.75) is 33.4 Å². The Kier molecular flexibility index (Phi) is 7.83. The predicted octanol–water partition coefficient (Wildman–Crippen LogP) is 4.32. The molecule has 2 rings (SSSR count). The van der Waals surface area contributed by atoms with Gasteiger partial charge < -0.3 is 5.11 Å². The van der Waals surface area contributed by atoms with Gasteiger partial charge in [0, 0.05) is 5.56 Å². The van der Waals surface area contributed by atoms with Gasteiger partial charge in [-0.3, -0.25) is 0 Å². The van der Waals surface area contributed by atoms with Gasteiger partial charge in [0.2, 0.25) is 0 Å². The monoisotopic (exact) mass is 377 g/mol. The van der Waals surface area contributed by atoms with Gasteiger partial charge in [-0.1, -0.05) is 43.7 Å². The number of nitrogens with zero attached hydrogens (tertiary/aromatic N) is 1. The fraction of sp³-hybridized carbons (Fsp3) is 0.333. The summed E-state index contributed by atoms with van der Waals surface area (Å²) in [4.78, 5) is 15.1. The van der Waals surface area contributed by atoms with Crippen molar-refractivity contribution in [3.8, 4) is 11.3 Å². The van der Waals surface area contributed by atoms with Crippen LogP contribution >= 0.6 is 0 Å². The van der Waals surface area contributed by atoms with E-state index in [0.29, 0.717) is 5.56 Å². The van der Waals surface area contributed by atoms with E-state index in [1.165, 1.54) is 6.07 Å². The number of alkyl halides is 3. The van der Waals surface area contributed by atoms with Crippen molar-refractivity contribution in [3.63, 3.8) is 0 Å². The van der Waals surface area contributed by atoms with Crippen LogP contribution in [0, 0.1) is 12.8 Å². The van der Waals surface area contributed by atoms with Crippen LogP contribution in [0.25, 0.3) is 11.3 Å². The molecular formula is C18H19F3KNO2. The zero-order valence-electron chi connectivity index (χ0n) is 13.6. The number of carboxylic acids is 1. The molecule has 2 aromatic rings. The molecule has 0 aliphatic rings. The van der Waals surface area contributed by atoms with Crippen LogP contribution in [0.2, 0.25) is 0 Å². The number of benzene rings is 1. The number of aromatic carboxylic acids is 1. The Morgan fingerprint density at radius 1 is 1.20 bits per heavy atom. The van der Waals surface area contributed by atoms with E-state index in [-0.39, 0.29) is 75.0 Å². The van der Waals surface area contributed by atoms with Crippen LogP contribution in [-0.2, 0) is 12.6 Å². The average molecular weight is 377 g/mol. The van der Waals surface area contributed by atoms with E-state index in [1.807, 2.05) is 20.8 Å². The van der Waals surface area contributed by atoms with Crippen LogP contribution in [0.1, 0.15) is 41.0 Å². The zero-order valence-corrected chi connectivity index (χ0v) is 13.6. The number of hydrogen-bond donors (Lipinski definition) is 1. The molecule has 0 saturated heterocycles. The molecule has 7 heteroatoms. The van der Waals surface area contributed by atoms with Crippen LogP contribution in [0.15, 0.2) is 30.3 Å². The van der Waals surface area contributed by atoms with Gasteiger partial charge in [-0.2, -0.15) is 13.2 Å². The summed E-state index contributed by atoms with van der Waals surface area (Å²) in [7, 11) is 0. The van der Waals surface area contributed by atoms with Crippen LogP contribution in [0.4, 0.5) is 13.2 Å². The van der Waals surface area contributed by atoms with E-state index < -0.39 is 23.4 Å². The third-order valence-electron chi connectivity index (χ3n) is 3.56. The molecule has 0 unspecified atom stereocenters. The Hall–Kier alpha value is -0.734. The summed E-state index contributed by atoms with van der Waals surface area (Å²) in [6.45, 7) is 5.52. The van der Waals surface area contributed by atoms with E-state index in [4.69, 9.17) is 0 Å². The van der Waals surface area contributed by atoms with E-state index in [1.54, 1.807) is 24.3 Å². The molecule has 0 aliphatic carbocycles. The van der Waals surface area contributed by atoms with Gasteiger partial charge in [-0.25, -0.2) is 9.78 Å². The summed E-state index contributed by atoms with van der Waals surface area (Å²) in [5, 5.41) is 9.28. The fourth-order valence-corrected chi connectivity index (χ4v) is 2.51. The molecular weight excluding hydrogens is 358 g/mol. The third kappa shape index (κ3) is 5.62. The molecule has 1 N–H and O–H groups in total. The molecule has 1 aromatic heterocycles. The second-order valence-corrected chi connectivity index (χ2v) is 6.16. The molecule has 0 radical (unpaired) electrons. The minimum atomic E-state index is -4.83. The number of carboxylic acid groups (broad SMARTS) is 1. The molecule has 0 saturated carbocycles. The van der Waals surface area contributed by atoms with E-state index in [0.717, 1.165) is 5.56 Å². The fourth-order valence-electron chi connectivity index (χ4n) is 2.51. The second kappa shape index (κ2) is 8.77. The SMILES string of the molecule is Cc1ccc(-c2cc(CC(C)C)c(C(=O)O)c(C(F)(F)F)n2)cc1.[KH]. The van der Waals surface area contributed by atoms with Crippen molar-refractivity contribution in [3.05, 3.63) is 52.7 Å². The number of aromatic nitrogens is 1. The Morgan fingerprint density at radius 2 is 1.76 bits per heavy atom. The average Bonchev–Trinajstić information content (AvgIpc) is 2.45. The number of rotatable bonds is 4. The van der Waals surface area contributed by atoms with Gasteiger partial charge in [0.1, 0.15) is 0 Å². The maximum atomic E-state index is 13.4. The number of pyridine rings is 1. The van der Waals surface area contributed by atoms with E-state index in [9.17, 15) is 23.1 Å². The second-order valence-electron chi connectivity index (χ2n) is 6.16. The summed E-state index contributed by atoms with van der Waals surface area (Å²) < 4.78 is 40.1. The van der Waals surface area contributed by atoms with Crippen molar-refractivity contribution in [2.24, 2.45) is 5.92 Å². The molecule has 0 amide bonds.